The molecule has 0 amide bonds. The minimum Gasteiger partial charge on any atom is -0.497 e. The normalized spacial score (nSPS) is 17.1. The van der Waals surface area contributed by atoms with Crippen LogP contribution in [0.25, 0.3) is 6.08 Å². The summed E-state index contributed by atoms with van der Waals surface area (Å²) in [6, 6.07) is 13.9. The predicted molar refractivity (Wildman–Crippen MR) is 131 cm³/mol. The van der Waals surface area contributed by atoms with E-state index in [-0.39, 0.29) is 23.9 Å². The van der Waals surface area contributed by atoms with Crippen molar-refractivity contribution in [2.45, 2.75) is 12.3 Å². The minimum absolute atomic E-state index is 0.0645. The highest BCUT2D eigenvalue weighted by atomic mass is 16.5. The maximum atomic E-state index is 13.3. The minimum atomic E-state index is -0.445. The summed E-state index contributed by atoms with van der Waals surface area (Å²) in [5.74, 6) is 2.10. The van der Waals surface area contributed by atoms with Crippen molar-refractivity contribution in [1.29, 1.82) is 0 Å². The standard InChI is InChI=1S/C28H24O8/c1-31-16-6-5-15(22(12-16)33-3)11-24-27(30)19-9-10-21-26(28(19)36-24)20(14-25(29)35-21)18-8-7-17(32-2)13-23(18)34-4/h5-13,20H,14H2,1-4H3/b24-11-/t20-/m1/s1. The molecule has 0 spiro atoms. The van der Waals surface area contributed by atoms with E-state index < -0.39 is 5.92 Å². The van der Waals surface area contributed by atoms with Crippen molar-refractivity contribution in [3.63, 3.8) is 0 Å². The number of benzene rings is 3. The van der Waals surface area contributed by atoms with Gasteiger partial charge in [0.05, 0.1) is 40.4 Å². The van der Waals surface area contributed by atoms with Gasteiger partial charge in [0.2, 0.25) is 5.78 Å². The van der Waals surface area contributed by atoms with Crippen molar-refractivity contribution in [2.24, 2.45) is 0 Å². The fourth-order valence-electron chi connectivity index (χ4n) is 4.56. The topological polar surface area (TPSA) is 89.5 Å². The van der Waals surface area contributed by atoms with Crippen LogP contribution in [-0.2, 0) is 4.79 Å². The molecule has 0 saturated heterocycles. The smallest absolute Gasteiger partial charge is 0.312 e. The number of methoxy groups -OCH3 is 4. The summed E-state index contributed by atoms with van der Waals surface area (Å²) in [7, 11) is 6.23. The van der Waals surface area contributed by atoms with Gasteiger partial charge < -0.3 is 28.4 Å². The zero-order chi connectivity index (χ0) is 25.4. The SMILES string of the molecule is COc1ccc(/C=C2\Oc3c(ccc4c3[C@@H](c3ccc(OC)cc3OC)CC(=O)O4)C2=O)c(OC)c1. The van der Waals surface area contributed by atoms with E-state index in [2.05, 4.69) is 0 Å². The fraction of sp³-hybridized carbons (Fsp3) is 0.214. The van der Waals surface area contributed by atoms with Crippen LogP contribution < -0.4 is 28.4 Å². The van der Waals surface area contributed by atoms with Gasteiger partial charge in [0.1, 0.15) is 34.5 Å². The molecule has 0 aliphatic carbocycles. The van der Waals surface area contributed by atoms with Gasteiger partial charge in [-0.1, -0.05) is 6.07 Å². The van der Waals surface area contributed by atoms with Crippen LogP contribution in [0.15, 0.2) is 54.3 Å². The second kappa shape index (κ2) is 9.30. The first-order valence-electron chi connectivity index (χ1n) is 11.2. The average molecular weight is 488 g/mol. The zero-order valence-corrected chi connectivity index (χ0v) is 20.2. The Morgan fingerprint density at radius 1 is 0.806 bits per heavy atom. The number of Topliss-reactive ketones (excluding diaryl/α,β-unsaturated/α-hetero) is 1. The quantitative estimate of drug-likeness (QED) is 0.278. The first-order valence-corrected chi connectivity index (χ1v) is 11.2. The first kappa shape index (κ1) is 23.3. The molecule has 2 aliphatic heterocycles. The molecule has 0 aromatic heterocycles. The van der Waals surface area contributed by atoms with E-state index in [4.69, 9.17) is 28.4 Å². The van der Waals surface area contributed by atoms with Crippen LogP contribution in [0, 0.1) is 0 Å². The summed E-state index contributed by atoms with van der Waals surface area (Å²) in [6.45, 7) is 0. The van der Waals surface area contributed by atoms with Gasteiger partial charge in [-0.05, 0) is 36.4 Å². The van der Waals surface area contributed by atoms with Crippen molar-refractivity contribution in [3.05, 3.63) is 76.5 Å². The van der Waals surface area contributed by atoms with Crippen LogP contribution in [0.1, 0.15) is 39.4 Å². The molecule has 0 unspecified atom stereocenters. The third kappa shape index (κ3) is 3.90. The Morgan fingerprint density at radius 2 is 1.50 bits per heavy atom. The molecule has 0 N–H and O–H groups in total. The number of hydrogen-bond acceptors (Lipinski definition) is 8. The number of allylic oxidation sites excluding steroid dienone is 1. The molecule has 1 atom stereocenters. The number of carbonyl (C=O) groups excluding carboxylic acids is 2. The Bertz CT molecular complexity index is 1400. The van der Waals surface area contributed by atoms with Crippen molar-refractivity contribution < 1.29 is 38.0 Å². The second-order valence-electron chi connectivity index (χ2n) is 8.24. The fourth-order valence-corrected chi connectivity index (χ4v) is 4.56. The molecule has 3 aromatic rings. The summed E-state index contributed by atoms with van der Waals surface area (Å²) in [4.78, 5) is 25.8. The summed E-state index contributed by atoms with van der Waals surface area (Å²) in [6.07, 6.45) is 1.69. The summed E-state index contributed by atoms with van der Waals surface area (Å²) < 4.78 is 33.3. The Morgan fingerprint density at radius 3 is 2.19 bits per heavy atom. The summed E-state index contributed by atoms with van der Waals surface area (Å²) in [5.41, 5.74) is 2.43. The molecule has 0 bridgehead atoms. The van der Waals surface area contributed by atoms with Crippen LogP contribution in [-0.4, -0.2) is 40.2 Å². The lowest BCUT2D eigenvalue weighted by Gasteiger charge is -2.27. The number of ether oxygens (including phenoxy) is 6. The van der Waals surface area contributed by atoms with Crippen LogP contribution >= 0.6 is 0 Å². The lowest BCUT2D eigenvalue weighted by Crippen LogP contribution is -2.22. The molecule has 0 saturated carbocycles. The van der Waals surface area contributed by atoms with E-state index in [1.54, 1.807) is 77.0 Å². The maximum absolute atomic E-state index is 13.3. The molecule has 3 aromatic carbocycles. The Balaban J connectivity index is 1.61. The first-order chi connectivity index (χ1) is 17.5. The lowest BCUT2D eigenvalue weighted by molar-refractivity contribution is -0.135. The monoisotopic (exact) mass is 488 g/mol. The van der Waals surface area contributed by atoms with Gasteiger partial charge in [0.15, 0.2) is 5.76 Å². The number of hydrogen-bond donors (Lipinski definition) is 0. The van der Waals surface area contributed by atoms with Crippen molar-refractivity contribution in [3.8, 4) is 34.5 Å². The van der Waals surface area contributed by atoms with E-state index in [1.807, 2.05) is 6.07 Å². The highest BCUT2D eigenvalue weighted by Crippen LogP contribution is 2.51. The van der Waals surface area contributed by atoms with Crippen LogP contribution in [0.2, 0.25) is 0 Å². The number of fused-ring (bicyclic) bond motifs is 3. The number of ketones is 1. The van der Waals surface area contributed by atoms with Crippen molar-refractivity contribution in [2.75, 3.05) is 28.4 Å². The average Bonchev–Trinajstić information content (AvgIpc) is 3.22. The number of esters is 1. The van der Waals surface area contributed by atoms with Crippen LogP contribution in [0.5, 0.6) is 34.5 Å². The van der Waals surface area contributed by atoms with Gasteiger partial charge in [-0.25, -0.2) is 0 Å². The molecule has 5 rings (SSSR count). The Hall–Kier alpha value is -4.46. The predicted octanol–water partition coefficient (Wildman–Crippen LogP) is 4.78. The Kier molecular flexibility index (Phi) is 6.01. The van der Waals surface area contributed by atoms with Crippen molar-refractivity contribution in [1.82, 2.24) is 0 Å². The molecule has 8 nitrogen and oxygen atoms in total. The van der Waals surface area contributed by atoms with E-state index in [0.717, 1.165) is 5.56 Å². The van der Waals surface area contributed by atoms with Crippen molar-refractivity contribution >= 4 is 17.8 Å². The molecule has 2 aliphatic rings. The third-order valence-corrected chi connectivity index (χ3v) is 6.32. The molecule has 2 heterocycles. The zero-order valence-electron chi connectivity index (χ0n) is 20.2. The highest BCUT2D eigenvalue weighted by Gasteiger charge is 2.39. The maximum Gasteiger partial charge on any atom is 0.312 e. The van der Waals surface area contributed by atoms with Gasteiger partial charge >= 0.3 is 5.97 Å². The second-order valence-corrected chi connectivity index (χ2v) is 8.24. The molecule has 0 radical (unpaired) electrons. The molecule has 8 heteroatoms. The molecular weight excluding hydrogens is 464 g/mol. The largest absolute Gasteiger partial charge is 0.497 e. The van der Waals surface area contributed by atoms with Gasteiger partial charge in [-0.15, -0.1) is 0 Å². The number of carbonyl (C=O) groups is 2. The third-order valence-electron chi connectivity index (χ3n) is 6.32. The molecule has 0 fully saturated rings. The van der Waals surface area contributed by atoms with Crippen LogP contribution in [0.4, 0.5) is 0 Å². The Labute approximate surface area is 207 Å². The molecule has 36 heavy (non-hydrogen) atoms. The summed E-state index contributed by atoms with van der Waals surface area (Å²) in [5, 5.41) is 0. The molecule has 184 valence electrons. The summed E-state index contributed by atoms with van der Waals surface area (Å²) >= 11 is 0. The van der Waals surface area contributed by atoms with Gasteiger partial charge in [-0.3, -0.25) is 9.59 Å². The van der Waals surface area contributed by atoms with E-state index >= 15 is 0 Å². The number of rotatable bonds is 6. The van der Waals surface area contributed by atoms with Gasteiger partial charge in [0.25, 0.3) is 0 Å². The van der Waals surface area contributed by atoms with Crippen LogP contribution in [0.3, 0.4) is 0 Å². The van der Waals surface area contributed by atoms with Gasteiger partial charge in [0, 0.05) is 34.7 Å². The highest BCUT2D eigenvalue weighted by molar-refractivity contribution is 6.15. The molecular formula is C28H24O8. The van der Waals surface area contributed by atoms with E-state index in [1.165, 1.54) is 0 Å². The van der Waals surface area contributed by atoms with Gasteiger partial charge in [-0.2, -0.15) is 0 Å². The van der Waals surface area contributed by atoms with E-state index in [9.17, 15) is 9.59 Å². The van der Waals surface area contributed by atoms with E-state index in [0.29, 0.717) is 51.2 Å². The lowest BCUT2D eigenvalue weighted by atomic mass is 9.84.